The Kier molecular flexibility index (Phi) is 8.84. The number of rotatable bonds is 4. The zero-order chi connectivity index (χ0) is 38.6. The summed E-state index contributed by atoms with van der Waals surface area (Å²) in [6.45, 7) is 10.8. The Labute approximate surface area is 334 Å². The zero-order valence-electron chi connectivity index (χ0n) is 30.8. The van der Waals surface area contributed by atoms with Crippen LogP contribution < -0.4 is 4.90 Å². The van der Waals surface area contributed by atoms with E-state index in [0.29, 0.717) is 11.4 Å². The molecule has 3 aromatic heterocycles. The smallest absolute Gasteiger partial charge is 0.358 e. The second-order valence-electron chi connectivity index (χ2n) is 15.3. The Morgan fingerprint density at radius 1 is 0.696 bits per heavy atom. The van der Waals surface area contributed by atoms with Gasteiger partial charge in [-0.15, -0.1) is 35.2 Å². The van der Waals surface area contributed by atoms with Crippen molar-refractivity contribution in [3.05, 3.63) is 161 Å². The molecule has 0 radical (unpaired) electrons. The molecular formula is C45H32F5N5Pt. The molecule has 1 aliphatic rings. The largest absolute Gasteiger partial charge is 2.00 e. The minimum Gasteiger partial charge on any atom is -0.358 e. The first-order valence-corrected chi connectivity index (χ1v) is 17.7. The van der Waals surface area contributed by atoms with Gasteiger partial charge in [-0.05, 0) is 57.3 Å². The van der Waals surface area contributed by atoms with Crippen LogP contribution in [-0.4, -0.2) is 19.3 Å². The zero-order valence-corrected chi connectivity index (χ0v) is 33.0. The molecule has 0 atom stereocenters. The van der Waals surface area contributed by atoms with Crippen molar-refractivity contribution in [2.75, 3.05) is 4.90 Å². The van der Waals surface area contributed by atoms with Crippen LogP contribution >= 0.6 is 0 Å². The number of para-hydroxylation sites is 2. The number of nitrogens with zero attached hydrogens (tertiary/aromatic N) is 5. The summed E-state index contributed by atoms with van der Waals surface area (Å²) in [6.07, 6.45) is 4.12. The number of aromatic nitrogens is 4. The molecule has 0 N–H and O–H groups in total. The number of halogens is 5. The first-order valence-electron chi connectivity index (χ1n) is 17.7. The number of hydrogen-bond acceptors (Lipinski definition) is 3. The molecule has 11 heteroatoms. The second-order valence-corrected chi connectivity index (χ2v) is 15.3. The van der Waals surface area contributed by atoms with E-state index in [1.54, 1.807) is 6.07 Å². The number of anilines is 3. The average Bonchev–Trinajstić information content (AvgIpc) is 3.79. The van der Waals surface area contributed by atoms with Gasteiger partial charge in [-0.1, -0.05) is 87.9 Å². The third-order valence-electron chi connectivity index (χ3n) is 10.6. The fourth-order valence-corrected chi connectivity index (χ4v) is 7.70. The van der Waals surface area contributed by atoms with Gasteiger partial charge in [0.05, 0.1) is 11.8 Å². The van der Waals surface area contributed by atoms with Gasteiger partial charge in [-0.25, -0.2) is 26.9 Å². The maximum Gasteiger partial charge on any atom is 2.00 e. The number of fused-ring (bicyclic) bond motifs is 5. The van der Waals surface area contributed by atoms with Crippen LogP contribution in [0.5, 0.6) is 0 Å². The third-order valence-corrected chi connectivity index (χ3v) is 10.6. The van der Waals surface area contributed by atoms with Crippen molar-refractivity contribution >= 4 is 38.9 Å². The summed E-state index contributed by atoms with van der Waals surface area (Å²) in [5.74, 6) is -9.36. The van der Waals surface area contributed by atoms with Crippen LogP contribution in [0.25, 0.3) is 44.4 Å². The van der Waals surface area contributed by atoms with E-state index < -0.39 is 40.1 Å². The average molecular weight is 933 g/mol. The summed E-state index contributed by atoms with van der Waals surface area (Å²) >= 11 is 0. The van der Waals surface area contributed by atoms with E-state index in [0.717, 1.165) is 61.9 Å². The molecule has 8 aromatic rings. The quantitative estimate of drug-likeness (QED) is 0.0764. The summed E-state index contributed by atoms with van der Waals surface area (Å²) in [6, 6.07) is 35.5. The molecule has 4 heterocycles. The van der Waals surface area contributed by atoms with Crippen molar-refractivity contribution in [1.29, 1.82) is 0 Å². The molecule has 0 fully saturated rings. The Balaban J connectivity index is 0.00000441. The molecule has 56 heavy (non-hydrogen) atoms. The fourth-order valence-electron chi connectivity index (χ4n) is 7.70. The summed E-state index contributed by atoms with van der Waals surface area (Å²) in [4.78, 5) is 6.91. The molecule has 0 unspecified atom stereocenters. The standard InChI is InChI=1S/C45H32F5N5.Pt/c1-44(2,3)26-18-19-51-37(20-26)55-33-12-8-6-10-29(33)30-16-14-28(22-35(30)55)54-34-13-9-7-11-31(34)45(4,5)32-17-15-27(21-36(32)54)53-24-25(23-52-53)38-39(46)41(48)43(50)42(49)40(38)47;/h6-20,23-24H,1-5H3;/q-2;+2. The summed E-state index contributed by atoms with van der Waals surface area (Å²) < 4.78 is 75.1. The van der Waals surface area contributed by atoms with Crippen molar-refractivity contribution in [2.45, 2.75) is 45.4 Å². The molecule has 0 aliphatic carbocycles. The van der Waals surface area contributed by atoms with E-state index in [1.807, 2.05) is 54.7 Å². The third kappa shape index (κ3) is 5.60. The van der Waals surface area contributed by atoms with Crippen molar-refractivity contribution in [1.82, 2.24) is 19.3 Å². The first-order chi connectivity index (χ1) is 26.3. The minimum atomic E-state index is -2.22. The van der Waals surface area contributed by atoms with E-state index in [9.17, 15) is 22.0 Å². The minimum absolute atomic E-state index is 0. The number of pyridine rings is 1. The van der Waals surface area contributed by atoms with Crippen LogP contribution in [0.15, 0.2) is 104 Å². The maximum atomic E-state index is 14.8. The molecule has 0 amide bonds. The van der Waals surface area contributed by atoms with Gasteiger partial charge in [0.25, 0.3) is 0 Å². The molecule has 5 aromatic carbocycles. The van der Waals surface area contributed by atoms with E-state index in [-0.39, 0.29) is 32.0 Å². The van der Waals surface area contributed by atoms with E-state index >= 15 is 0 Å². The monoisotopic (exact) mass is 932 g/mol. The van der Waals surface area contributed by atoms with Crippen LogP contribution in [0, 0.1) is 41.2 Å². The Morgan fingerprint density at radius 2 is 1.38 bits per heavy atom. The van der Waals surface area contributed by atoms with Gasteiger partial charge >= 0.3 is 21.1 Å². The van der Waals surface area contributed by atoms with Gasteiger partial charge in [0, 0.05) is 29.2 Å². The molecule has 0 saturated carbocycles. The SMILES string of the molecule is CC(C)(C)c1ccnc(-n2c3[c-]c(N4c5[c-]c(-n6cc(-c7c(F)c(F)c(F)c(F)c7F)cn6)ccc5C(C)(C)c5ccccc54)ccc3c3ccccc32)c1.[Pt+2]. The van der Waals surface area contributed by atoms with Gasteiger partial charge in [0.15, 0.2) is 23.3 Å². The predicted octanol–water partition coefficient (Wildman–Crippen LogP) is 11.7. The van der Waals surface area contributed by atoms with Gasteiger partial charge < -0.3 is 9.47 Å². The maximum absolute atomic E-state index is 14.8. The van der Waals surface area contributed by atoms with E-state index in [2.05, 4.69) is 91.6 Å². The second kappa shape index (κ2) is 13.3. The Morgan fingerprint density at radius 3 is 2.12 bits per heavy atom. The molecule has 9 rings (SSSR count). The summed E-state index contributed by atoms with van der Waals surface area (Å²) in [7, 11) is 0. The molecule has 282 valence electrons. The Bertz CT molecular complexity index is 2840. The van der Waals surface area contributed by atoms with Crippen molar-refractivity contribution in [3.63, 3.8) is 0 Å². The van der Waals surface area contributed by atoms with Crippen LogP contribution in [0.3, 0.4) is 0 Å². The summed E-state index contributed by atoms with van der Waals surface area (Å²) in [5.41, 5.74) is 5.76. The van der Waals surface area contributed by atoms with Crippen LogP contribution in [0.2, 0.25) is 0 Å². The van der Waals surface area contributed by atoms with Crippen molar-refractivity contribution in [3.8, 4) is 22.6 Å². The molecule has 0 saturated heterocycles. The molecule has 0 bridgehead atoms. The topological polar surface area (TPSA) is 38.9 Å². The number of hydrogen-bond donors (Lipinski definition) is 0. The van der Waals surface area contributed by atoms with Crippen molar-refractivity contribution < 1.29 is 43.0 Å². The molecule has 1 aliphatic heterocycles. The van der Waals surface area contributed by atoms with E-state index in [1.165, 1.54) is 10.9 Å². The number of benzene rings is 5. The van der Waals surface area contributed by atoms with Crippen LogP contribution in [0.1, 0.15) is 51.3 Å². The molecule has 5 nitrogen and oxygen atoms in total. The Hall–Kier alpha value is -5.60. The van der Waals surface area contributed by atoms with Crippen molar-refractivity contribution in [2.24, 2.45) is 0 Å². The van der Waals surface area contributed by atoms with Gasteiger partial charge in [0.2, 0.25) is 5.82 Å². The first kappa shape index (κ1) is 37.3. The normalized spacial score (nSPS) is 13.5. The molecule has 0 spiro atoms. The fraction of sp³-hybridized carbons (Fsp3) is 0.156. The van der Waals surface area contributed by atoms with Gasteiger partial charge in [-0.2, -0.15) is 17.2 Å². The predicted molar refractivity (Wildman–Crippen MR) is 204 cm³/mol. The van der Waals surface area contributed by atoms with Crippen LogP contribution in [-0.2, 0) is 31.9 Å². The molecular weight excluding hydrogens is 901 g/mol. The van der Waals surface area contributed by atoms with Gasteiger partial charge in [0.1, 0.15) is 5.82 Å². The van der Waals surface area contributed by atoms with Gasteiger partial charge in [-0.3, -0.25) is 4.68 Å². The summed E-state index contributed by atoms with van der Waals surface area (Å²) in [5, 5.41) is 6.32. The van der Waals surface area contributed by atoms with Crippen LogP contribution in [0.4, 0.5) is 39.0 Å². The van der Waals surface area contributed by atoms with E-state index in [4.69, 9.17) is 4.98 Å².